The van der Waals surface area contributed by atoms with Crippen LogP contribution >= 0.6 is 0 Å². The molecular weight excluding hydrogens is 290 g/mol. The minimum atomic E-state index is -2.02. The highest BCUT2D eigenvalue weighted by Gasteiger charge is 2.40. The standard InChI is InChI=1S/C15H17NO6/c1-2-15(16,14(20)21)8-11(12(17)18)13(19)22-9-10-6-4-3-5-7-10/h2-7,11H,1,8-9,16H2,(H,17,18)(H,20,21)/t11?,15-/m0/s1. The Bertz CT molecular complexity index is 571. The van der Waals surface area contributed by atoms with E-state index >= 15 is 0 Å². The molecule has 118 valence electrons. The number of carboxylic acids is 2. The smallest absolute Gasteiger partial charge is 0.327 e. The van der Waals surface area contributed by atoms with Crippen molar-refractivity contribution >= 4 is 17.9 Å². The Labute approximate surface area is 127 Å². The molecule has 0 aliphatic heterocycles. The zero-order valence-corrected chi connectivity index (χ0v) is 11.8. The first-order chi connectivity index (χ1) is 10.3. The molecule has 0 bridgehead atoms. The lowest BCUT2D eigenvalue weighted by Gasteiger charge is -2.23. The lowest BCUT2D eigenvalue weighted by molar-refractivity contribution is -0.161. The molecule has 22 heavy (non-hydrogen) atoms. The second kappa shape index (κ2) is 7.37. The van der Waals surface area contributed by atoms with Crippen LogP contribution in [-0.2, 0) is 25.7 Å². The van der Waals surface area contributed by atoms with Gasteiger partial charge in [0.25, 0.3) is 0 Å². The second-order valence-corrected chi connectivity index (χ2v) is 4.74. The fourth-order valence-corrected chi connectivity index (χ4v) is 1.70. The molecule has 0 aliphatic rings. The van der Waals surface area contributed by atoms with E-state index < -0.39 is 35.8 Å². The van der Waals surface area contributed by atoms with Gasteiger partial charge in [-0.1, -0.05) is 36.4 Å². The third kappa shape index (κ3) is 4.42. The van der Waals surface area contributed by atoms with Crippen LogP contribution in [0.1, 0.15) is 12.0 Å². The molecule has 7 nitrogen and oxygen atoms in total. The molecule has 0 heterocycles. The van der Waals surface area contributed by atoms with E-state index in [0.717, 1.165) is 6.08 Å². The molecular formula is C15H17NO6. The van der Waals surface area contributed by atoms with Crippen molar-refractivity contribution in [1.82, 2.24) is 0 Å². The number of carbonyl (C=O) groups excluding carboxylic acids is 1. The number of benzene rings is 1. The molecule has 0 aromatic heterocycles. The molecule has 0 aliphatic carbocycles. The van der Waals surface area contributed by atoms with Crippen LogP contribution in [0.15, 0.2) is 43.0 Å². The van der Waals surface area contributed by atoms with Crippen molar-refractivity contribution in [3.05, 3.63) is 48.6 Å². The Hall–Kier alpha value is -2.67. The van der Waals surface area contributed by atoms with Gasteiger partial charge < -0.3 is 20.7 Å². The summed E-state index contributed by atoms with van der Waals surface area (Å²) in [7, 11) is 0. The molecule has 4 N–H and O–H groups in total. The maximum atomic E-state index is 11.9. The maximum absolute atomic E-state index is 11.9. The van der Waals surface area contributed by atoms with Gasteiger partial charge in [-0.2, -0.15) is 0 Å². The summed E-state index contributed by atoms with van der Waals surface area (Å²) in [5, 5.41) is 18.1. The molecule has 7 heteroatoms. The van der Waals surface area contributed by atoms with E-state index in [1.807, 2.05) is 0 Å². The minimum Gasteiger partial charge on any atom is -0.481 e. The highest BCUT2D eigenvalue weighted by molar-refractivity contribution is 5.95. The second-order valence-electron chi connectivity index (χ2n) is 4.74. The fraction of sp³-hybridized carbons (Fsp3) is 0.267. The number of esters is 1. The largest absolute Gasteiger partial charge is 0.481 e. The number of hydrogen-bond acceptors (Lipinski definition) is 5. The summed E-state index contributed by atoms with van der Waals surface area (Å²) < 4.78 is 4.92. The molecule has 0 radical (unpaired) electrons. The van der Waals surface area contributed by atoms with Gasteiger partial charge in [0, 0.05) is 6.42 Å². The van der Waals surface area contributed by atoms with Crippen LogP contribution in [0.5, 0.6) is 0 Å². The van der Waals surface area contributed by atoms with Gasteiger partial charge in [0.2, 0.25) is 0 Å². The van der Waals surface area contributed by atoms with Crippen molar-refractivity contribution in [1.29, 1.82) is 0 Å². The summed E-state index contributed by atoms with van der Waals surface area (Å²) in [6.07, 6.45) is 0.255. The Balaban J connectivity index is 2.78. The van der Waals surface area contributed by atoms with Gasteiger partial charge in [-0.05, 0) is 5.56 Å². The molecule has 1 aromatic rings. The molecule has 0 fully saturated rings. The van der Waals surface area contributed by atoms with E-state index in [9.17, 15) is 14.4 Å². The van der Waals surface area contributed by atoms with Crippen molar-refractivity contribution in [2.24, 2.45) is 11.7 Å². The number of ether oxygens (including phenoxy) is 1. The maximum Gasteiger partial charge on any atom is 0.327 e. The highest BCUT2D eigenvalue weighted by atomic mass is 16.5. The molecule has 2 atom stereocenters. The topological polar surface area (TPSA) is 127 Å². The van der Waals surface area contributed by atoms with Gasteiger partial charge in [0.15, 0.2) is 5.92 Å². The zero-order valence-electron chi connectivity index (χ0n) is 11.8. The molecule has 1 unspecified atom stereocenters. The van der Waals surface area contributed by atoms with Gasteiger partial charge in [0.05, 0.1) is 0 Å². The lowest BCUT2D eigenvalue weighted by atomic mass is 9.88. The molecule has 0 saturated carbocycles. The van der Waals surface area contributed by atoms with Gasteiger partial charge in [-0.15, -0.1) is 6.58 Å². The third-order valence-electron chi connectivity index (χ3n) is 3.11. The first kappa shape index (κ1) is 17.4. The number of hydrogen-bond donors (Lipinski definition) is 3. The van der Waals surface area contributed by atoms with Crippen LogP contribution in [0, 0.1) is 5.92 Å². The average molecular weight is 307 g/mol. The summed E-state index contributed by atoms with van der Waals surface area (Å²) in [6.45, 7) is 3.16. The first-order valence-electron chi connectivity index (χ1n) is 6.39. The van der Waals surface area contributed by atoms with E-state index in [1.54, 1.807) is 30.3 Å². The summed E-state index contributed by atoms with van der Waals surface area (Å²) >= 11 is 0. The highest BCUT2D eigenvalue weighted by Crippen LogP contribution is 2.19. The van der Waals surface area contributed by atoms with Gasteiger partial charge >= 0.3 is 17.9 Å². The minimum absolute atomic E-state index is 0.109. The van der Waals surface area contributed by atoms with Crippen LogP contribution in [0.4, 0.5) is 0 Å². The average Bonchev–Trinajstić information content (AvgIpc) is 2.50. The van der Waals surface area contributed by atoms with Gasteiger partial charge in [0.1, 0.15) is 12.1 Å². The summed E-state index contributed by atoms with van der Waals surface area (Å²) in [5.74, 6) is -5.71. The summed E-state index contributed by atoms with van der Waals surface area (Å²) in [4.78, 5) is 34.1. The number of carbonyl (C=O) groups is 3. The molecule has 1 aromatic carbocycles. The zero-order chi connectivity index (χ0) is 16.8. The van der Waals surface area contributed by atoms with E-state index in [-0.39, 0.29) is 6.61 Å². The number of rotatable bonds is 8. The number of carboxylic acid groups (broad SMARTS) is 2. The summed E-state index contributed by atoms with van der Waals surface area (Å²) in [5.41, 5.74) is 4.20. The first-order valence-corrected chi connectivity index (χ1v) is 6.39. The Kier molecular flexibility index (Phi) is 5.82. The predicted molar refractivity (Wildman–Crippen MR) is 76.7 cm³/mol. The van der Waals surface area contributed by atoms with Crippen LogP contribution < -0.4 is 5.73 Å². The van der Waals surface area contributed by atoms with Crippen LogP contribution in [-0.4, -0.2) is 33.7 Å². The molecule has 0 amide bonds. The van der Waals surface area contributed by atoms with E-state index in [1.165, 1.54) is 0 Å². The number of nitrogens with two attached hydrogens (primary N) is 1. The summed E-state index contributed by atoms with van der Waals surface area (Å²) in [6, 6.07) is 8.68. The van der Waals surface area contributed by atoms with E-state index in [4.69, 9.17) is 20.7 Å². The van der Waals surface area contributed by atoms with Crippen molar-refractivity contribution in [2.75, 3.05) is 0 Å². The van der Waals surface area contributed by atoms with E-state index in [2.05, 4.69) is 6.58 Å². The molecule has 1 rings (SSSR count). The third-order valence-corrected chi connectivity index (χ3v) is 3.11. The van der Waals surface area contributed by atoms with Crippen LogP contribution in [0.3, 0.4) is 0 Å². The SMILES string of the molecule is C=C[C@](N)(CC(C(=O)O)C(=O)OCc1ccccc1)C(=O)O. The Morgan fingerprint density at radius 1 is 1.27 bits per heavy atom. The quantitative estimate of drug-likeness (QED) is 0.368. The lowest BCUT2D eigenvalue weighted by Crippen LogP contribution is -2.49. The van der Waals surface area contributed by atoms with Gasteiger partial charge in [-0.3, -0.25) is 9.59 Å². The monoisotopic (exact) mass is 307 g/mol. The fourth-order valence-electron chi connectivity index (χ4n) is 1.70. The van der Waals surface area contributed by atoms with Crippen molar-refractivity contribution in [3.63, 3.8) is 0 Å². The van der Waals surface area contributed by atoms with E-state index in [0.29, 0.717) is 5.56 Å². The van der Waals surface area contributed by atoms with Crippen molar-refractivity contribution < 1.29 is 29.3 Å². The van der Waals surface area contributed by atoms with Crippen molar-refractivity contribution in [3.8, 4) is 0 Å². The van der Waals surface area contributed by atoms with Crippen molar-refractivity contribution in [2.45, 2.75) is 18.6 Å². The predicted octanol–water partition coefficient (Wildman–Crippen LogP) is 0.789. The molecule has 0 spiro atoms. The Morgan fingerprint density at radius 2 is 1.86 bits per heavy atom. The molecule has 0 saturated heterocycles. The Morgan fingerprint density at radius 3 is 2.32 bits per heavy atom. The van der Waals surface area contributed by atoms with Crippen LogP contribution in [0.2, 0.25) is 0 Å². The van der Waals surface area contributed by atoms with Gasteiger partial charge in [-0.25, -0.2) is 4.79 Å². The van der Waals surface area contributed by atoms with Crippen LogP contribution in [0.25, 0.3) is 0 Å². The normalized spacial score (nSPS) is 14.4. The number of aliphatic carboxylic acids is 2.